The summed E-state index contributed by atoms with van der Waals surface area (Å²) in [6.07, 6.45) is -8.53. The molecule has 3 aromatic carbocycles. The van der Waals surface area contributed by atoms with Crippen molar-refractivity contribution in [1.29, 1.82) is 0 Å². The molecule has 4 aromatic rings. The Bertz CT molecular complexity index is 1620. The molecule has 0 bridgehead atoms. The SMILES string of the molecule is Cc1cc(C)c(N2CCCSC2=NC(O)NC(F)C(F)c2ccc(-c3ncn(-c4ccc(OC(F)(F)F)cc4)n3)cc2)c(C)c1. The van der Waals surface area contributed by atoms with Crippen molar-refractivity contribution in [3.8, 4) is 22.8 Å². The van der Waals surface area contributed by atoms with Gasteiger partial charge in [-0.1, -0.05) is 53.7 Å². The molecule has 1 saturated heterocycles. The van der Waals surface area contributed by atoms with Crippen LogP contribution in [0, 0.1) is 20.8 Å². The molecule has 0 aliphatic carbocycles. The van der Waals surface area contributed by atoms with E-state index in [2.05, 4.69) is 37.3 Å². The number of aliphatic imine (C=N–C) groups is 1. The van der Waals surface area contributed by atoms with Crippen molar-refractivity contribution in [1.82, 2.24) is 20.1 Å². The maximum absolute atomic E-state index is 15.1. The number of nitrogens with zero attached hydrogens (tertiary/aromatic N) is 5. The molecule has 0 radical (unpaired) electrons. The average Bonchev–Trinajstić information content (AvgIpc) is 3.47. The Hall–Kier alpha value is -4.01. The van der Waals surface area contributed by atoms with E-state index >= 15 is 4.39 Å². The highest BCUT2D eigenvalue weighted by molar-refractivity contribution is 8.14. The second-order valence-corrected chi connectivity index (χ2v) is 11.6. The van der Waals surface area contributed by atoms with E-state index in [-0.39, 0.29) is 17.1 Å². The van der Waals surface area contributed by atoms with Crippen LogP contribution in [0.5, 0.6) is 5.75 Å². The Morgan fingerprint density at radius 3 is 2.31 bits per heavy atom. The summed E-state index contributed by atoms with van der Waals surface area (Å²) in [6.45, 7) is 6.74. The van der Waals surface area contributed by atoms with E-state index in [1.807, 2.05) is 25.7 Å². The summed E-state index contributed by atoms with van der Waals surface area (Å²) in [5.74, 6) is 0.688. The zero-order valence-corrected chi connectivity index (χ0v) is 25.4. The smallest absolute Gasteiger partial charge is 0.406 e. The van der Waals surface area contributed by atoms with Crippen molar-refractivity contribution in [2.45, 2.75) is 52.4 Å². The third-order valence-corrected chi connectivity index (χ3v) is 8.08. The molecule has 3 atom stereocenters. The highest BCUT2D eigenvalue weighted by atomic mass is 32.2. The first-order valence-electron chi connectivity index (χ1n) is 14.0. The fraction of sp³-hybridized carbons (Fsp3) is 0.323. The molecule has 8 nitrogen and oxygen atoms in total. The van der Waals surface area contributed by atoms with Crippen molar-refractivity contribution >= 4 is 22.6 Å². The number of rotatable bonds is 9. The van der Waals surface area contributed by atoms with Crippen molar-refractivity contribution in [3.63, 3.8) is 0 Å². The van der Waals surface area contributed by atoms with E-state index in [1.165, 1.54) is 59.2 Å². The van der Waals surface area contributed by atoms with Crippen LogP contribution in [-0.2, 0) is 0 Å². The number of nitrogens with one attached hydrogen (secondary N) is 1. The molecule has 45 heavy (non-hydrogen) atoms. The summed E-state index contributed by atoms with van der Waals surface area (Å²) in [4.78, 5) is 10.5. The van der Waals surface area contributed by atoms with E-state index in [4.69, 9.17) is 0 Å². The fourth-order valence-corrected chi connectivity index (χ4v) is 6.12. The van der Waals surface area contributed by atoms with Crippen LogP contribution in [0.2, 0.25) is 0 Å². The Morgan fingerprint density at radius 2 is 1.67 bits per heavy atom. The molecule has 0 saturated carbocycles. The molecule has 1 aliphatic rings. The second-order valence-electron chi connectivity index (χ2n) is 10.5. The van der Waals surface area contributed by atoms with E-state index in [9.17, 15) is 22.7 Å². The maximum Gasteiger partial charge on any atom is 0.573 e. The molecule has 5 rings (SSSR count). The quantitative estimate of drug-likeness (QED) is 0.116. The normalized spacial score (nSPS) is 16.9. The van der Waals surface area contributed by atoms with Gasteiger partial charge in [0.1, 0.15) is 12.1 Å². The van der Waals surface area contributed by atoms with Crippen LogP contribution in [0.1, 0.15) is 34.8 Å². The Balaban J connectivity index is 1.22. The molecule has 1 aromatic heterocycles. The van der Waals surface area contributed by atoms with Gasteiger partial charge in [-0.25, -0.2) is 28.8 Å². The lowest BCUT2D eigenvalue weighted by Gasteiger charge is -2.33. The van der Waals surface area contributed by atoms with Crippen molar-refractivity contribution < 1.29 is 31.8 Å². The number of benzene rings is 3. The number of halogens is 5. The fourth-order valence-electron chi connectivity index (χ4n) is 5.15. The van der Waals surface area contributed by atoms with E-state index in [0.717, 1.165) is 46.7 Å². The van der Waals surface area contributed by atoms with Crippen LogP contribution in [0.4, 0.5) is 27.6 Å². The third kappa shape index (κ3) is 7.99. The van der Waals surface area contributed by atoms with Gasteiger partial charge in [-0.05, 0) is 68.1 Å². The summed E-state index contributed by atoms with van der Waals surface area (Å²) in [6, 6.07) is 15.0. The molecule has 1 fully saturated rings. The molecular formula is C31H31F5N6O2S. The Morgan fingerprint density at radius 1 is 1.00 bits per heavy atom. The van der Waals surface area contributed by atoms with Gasteiger partial charge in [0.2, 0.25) is 6.35 Å². The lowest BCUT2D eigenvalue weighted by molar-refractivity contribution is -0.274. The largest absolute Gasteiger partial charge is 0.573 e. The topological polar surface area (TPSA) is 87.8 Å². The minimum absolute atomic E-state index is 0.0258. The number of hydrogen-bond donors (Lipinski definition) is 2. The Kier molecular flexibility index (Phi) is 9.75. The lowest BCUT2D eigenvalue weighted by Crippen LogP contribution is -2.41. The maximum atomic E-state index is 15.1. The van der Waals surface area contributed by atoms with Gasteiger partial charge in [-0.2, -0.15) is 0 Å². The number of thioether (sulfide) groups is 1. The van der Waals surface area contributed by atoms with E-state index < -0.39 is 25.2 Å². The minimum Gasteiger partial charge on any atom is -0.406 e. The molecule has 0 spiro atoms. The molecule has 14 heteroatoms. The highest BCUT2D eigenvalue weighted by Gasteiger charge is 2.31. The Labute approximate surface area is 261 Å². The number of aromatic nitrogens is 3. The van der Waals surface area contributed by atoms with Gasteiger partial charge in [0.25, 0.3) is 0 Å². The highest BCUT2D eigenvalue weighted by Crippen LogP contribution is 2.32. The first kappa shape index (κ1) is 32.4. The molecule has 238 valence electrons. The van der Waals surface area contributed by atoms with Gasteiger partial charge in [0.15, 0.2) is 23.5 Å². The zero-order chi connectivity index (χ0) is 32.3. The predicted molar refractivity (Wildman–Crippen MR) is 164 cm³/mol. The molecule has 2 N–H and O–H groups in total. The van der Waals surface area contributed by atoms with Crippen LogP contribution in [0.15, 0.2) is 72.0 Å². The van der Waals surface area contributed by atoms with Gasteiger partial charge in [-0.3, -0.25) is 0 Å². The first-order valence-corrected chi connectivity index (χ1v) is 15.0. The van der Waals surface area contributed by atoms with Crippen LogP contribution < -0.4 is 15.0 Å². The van der Waals surface area contributed by atoms with Gasteiger partial charge >= 0.3 is 6.36 Å². The zero-order valence-electron chi connectivity index (χ0n) is 24.6. The number of aryl methyl sites for hydroxylation is 3. The summed E-state index contributed by atoms with van der Waals surface area (Å²) in [5.41, 5.74) is 5.24. The average molecular weight is 647 g/mol. The minimum atomic E-state index is -4.80. The summed E-state index contributed by atoms with van der Waals surface area (Å²) >= 11 is 1.45. The number of alkyl halides is 5. The van der Waals surface area contributed by atoms with E-state index in [1.54, 1.807) is 0 Å². The van der Waals surface area contributed by atoms with Gasteiger partial charge in [0, 0.05) is 23.5 Å². The van der Waals surface area contributed by atoms with Crippen LogP contribution in [0.25, 0.3) is 17.1 Å². The second kappa shape index (κ2) is 13.5. The molecule has 0 amide bonds. The standard InChI is InChI=1S/C31H31F5N6O2S/c1-18-15-19(2)26(20(3)16-18)41-13-4-14-45-30(41)39-29(43)38-27(33)25(32)21-5-7-22(8-6-21)28-37-17-42(40-28)23-9-11-24(12-10-23)44-31(34,35)36/h5-12,15-17,25,27,29,38,43H,4,13-14H2,1-3H3. The number of anilines is 1. The van der Waals surface area contributed by atoms with Crippen LogP contribution >= 0.6 is 11.8 Å². The van der Waals surface area contributed by atoms with Gasteiger partial charge in [-0.15, -0.1) is 18.3 Å². The number of amidine groups is 1. The number of aliphatic hydroxyl groups is 1. The molecule has 2 heterocycles. The number of hydrogen-bond acceptors (Lipinski definition) is 7. The van der Waals surface area contributed by atoms with Crippen LogP contribution in [-0.4, -0.2) is 56.3 Å². The molecular weight excluding hydrogens is 615 g/mol. The summed E-state index contributed by atoms with van der Waals surface area (Å²) in [5, 5.41) is 17.6. The van der Waals surface area contributed by atoms with Crippen LogP contribution in [0.3, 0.4) is 0 Å². The summed E-state index contributed by atoms with van der Waals surface area (Å²) in [7, 11) is 0. The third-order valence-electron chi connectivity index (χ3n) is 7.01. The van der Waals surface area contributed by atoms with Crippen molar-refractivity contribution in [2.75, 3.05) is 17.2 Å². The van der Waals surface area contributed by atoms with Crippen molar-refractivity contribution in [2.24, 2.45) is 4.99 Å². The number of ether oxygens (including phenoxy) is 1. The number of aliphatic hydroxyl groups excluding tert-OH is 1. The van der Waals surface area contributed by atoms with Crippen molar-refractivity contribution in [3.05, 3.63) is 89.2 Å². The van der Waals surface area contributed by atoms with Gasteiger partial charge < -0.3 is 14.7 Å². The molecule has 1 aliphatic heterocycles. The first-order chi connectivity index (χ1) is 21.4. The van der Waals surface area contributed by atoms with E-state index in [0.29, 0.717) is 23.0 Å². The predicted octanol–water partition coefficient (Wildman–Crippen LogP) is 6.93. The monoisotopic (exact) mass is 646 g/mol. The molecule has 3 unspecified atom stereocenters. The summed E-state index contributed by atoms with van der Waals surface area (Å²) < 4.78 is 72.5. The van der Waals surface area contributed by atoms with Gasteiger partial charge in [0.05, 0.1) is 5.69 Å². The lowest BCUT2D eigenvalue weighted by atomic mass is 10.0.